The van der Waals surface area contributed by atoms with Crippen LogP contribution in [0.5, 0.6) is 0 Å². The second-order valence-electron chi connectivity index (χ2n) is 5.99. The molecule has 0 fully saturated rings. The van der Waals surface area contributed by atoms with E-state index in [1.807, 2.05) is 67.6 Å². The zero-order valence-electron chi connectivity index (χ0n) is 14.2. The zero-order valence-corrected chi connectivity index (χ0v) is 14.2. The van der Waals surface area contributed by atoms with Gasteiger partial charge < -0.3 is 19.7 Å². The number of carbonyl (C=O) groups is 1. The van der Waals surface area contributed by atoms with E-state index in [4.69, 9.17) is 4.42 Å². The number of nitrogens with zero attached hydrogens (tertiary/aromatic N) is 1. The van der Waals surface area contributed by atoms with Crippen molar-refractivity contribution in [2.75, 3.05) is 13.2 Å². The van der Waals surface area contributed by atoms with E-state index in [9.17, 15) is 9.90 Å². The van der Waals surface area contributed by atoms with E-state index >= 15 is 0 Å². The van der Waals surface area contributed by atoms with E-state index in [-0.39, 0.29) is 25.2 Å². The molecule has 0 saturated heterocycles. The van der Waals surface area contributed by atoms with Crippen molar-refractivity contribution in [1.29, 1.82) is 0 Å². The molecule has 1 heterocycles. The summed E-state index contributed by atoms with van der Waals surface area (Å²) in [6.07, 6.45) is 0. The number of nitrogens with one attached hydrogen (secondary N) is 1. The molecular weight excluding hydrogens is 316 g/mol. The molecule has 0 saturated carbocycles. The minimum atomic E-state index is -0.267. The second-order valence-corrected chi connectivity index (χ2v) is 5.99. The van der Waals surface area contributed by atoms with Crippen LogP contribution in [-0.4, -0.2) is 29.2 Å². The first-order valence-electron chi connectivity index (χ1n) is 8.36. The lowest BCUT2D eigenvalue weighted by molar-refractivity contribution is 0.170. The molecule has 25 heavy (non-hydrogen) atoms. The highest BCUT2D eigenvalue weighted by Gasteiger charge is 2.19. The number of hydrogen-bond acceptors (Lipinski definition) is 3. The molecular formula is C20H22N2O3. The number of carbonyl (C=O) groups excluding carboxylic acids is 1. The van der Waals surface area contributed by atoms with Gasteiger partial charge in [-0.15, -0.1) is 0 Å². The average Bonchev–Trinajstić information content (AvgIpc) is 3.06. The number of rotatable bonds is 6. The molecule has 0 radical (unpaired) electrons. The molecule has 3 rings (SSSR count). The predicted molar refractivity (Wildman–Crippen MR) is 97.1 cm³/mol. The fraction of sp³-hybridized carbons (Fsp3) is 0.250. The summed E-state index contributed by atoms with van der Waals surface area (Å²) in [6, 6.07) is 18.9. The Balaban J connectivity index is 1.69. The van der Waals surface area contributed by atoms with Gasteiger partial charge in [-0.25, -0.2) is 4.79 Å². The second kappa shape index (κ2) is 7.85. The first-order chi connectivity index (χ1) is 12.2. The van der Waals surface area contributed by atoms with Gasteiger partial charge in [-0.2, -0.15) is 0 Å². The van der Waals surface area contributed by atoms with Crippen LogP contribution >= 0.6 is 0 Å². The van der Waals surface area contributed by atoms with Crippen LogP contribution in [0.2, 0.25) is 0 Å². The van der Waals surface area contributed by atoms with Crippen LogP contribution < -0.4 is 5.32 Å². The number of benzene rings is 2. The molecule has 1 aromatic heterocycles. The molecule has 3 aromatic rings. The molecule has 0 aliphatic heterocycles. The summed E-state index contributed by atoms with van der Waals surface area (Å²) in [4.78, 5) is 14.2. The van der Waals surface area contributed by atoms with Crippen molar-refractivity contribution in [2.45, 2.75) is 19.5 Å². The Hall–Kier alpha value is -2.79. The number of aliphatic hydroxyl groups excluding tert-OH is 1. The minimum absolute atomic E-state index is 0.0841. The van der Waals surface area contributed by atoms with Gasteiger partial charge in [-0.1, -0.05) is 48.5 Å². The Morgan fingerprint density at radius 2 is 1.88 bits per heavy atom. The SMILES string of the molecule is CC(NC(=O)N(CCO)Cc1ccccc1)c1cc2ccccc2o1. The number of para-hydroxylation sites is 1. The minimum Gasteiger partial charge on any atom is -0.459 e. The summed E-state index contributed by atoms with van der Waals surface area (Å²) in [5.74, 6) is 0.707. The van der Waals surface area contributed by atoms with Crippen LogP contribution in [0.4, 0.5) is 4.79 Å². The number of fused-ring (bicyclic) bond motifs is 1. The van der Waals surface area contributed by atoms with Crippen LogP contribution in [0.1, 0.15) is 24.3 Å². The number of amides is 2. The van der Waals surface area contributed by atoms with Crippen LogP contribution in [0, 0.1) is 0 Å². The van der Waals surface area contributed by atoms with Gasteiger partial charge in [0.15, 0.2) is 0 Å². The quantitative estimate of drug-likeness (QED) is 0.720. The Kier molecular flexibility index (Phi) is 5.36. The molecule has 5 heteroatoms. The maximum absolute atomic E-state index is 12.6. The van der Waals surface area contributed by atoms with Crippen LogP contribution in [-0.2, 0) is 6.54 Å². The highest BCUT2D eigenvalue weighted by Crippen LogP contribution is 2.23. The smallest absolute Gasteiger partial charge is 0.318 e. The summed E-state index contributed by atoms with van der Waals surface area (Å²) < 4.78 is 5.81. The number of urea groups is 1. The predicted octanol–water partition coefficient (Wildman–Crippen LogP) is 3.70. The first-order valence-corrected chi connectivity index (χ1v) is 8.36. The van der Waals surface area contributed by atoms with Gasteiger partial charge in [0, 0.05) is 18.5 Å². The molecule has 1 atom stereocenters. The lowest BCUT2D eigenvalue weighted by Gasteiger charge is -2.24. The van der Waals surface area contributed by atoms with E-state index < -0.39 is 0 Å². The Labute approximate surface area is 146 Å². The maximum Gasteiger partial charge on any atom is 0.318 e. The van der Waals surface area contributed by atoms with Gasteiger partial charge in [-0.3, -0.25) is 0 Å². The molecule has 1 unspecified atom stereocenters. The third-order valence-corrected chi connectivity index (χ3v) is 4.08. The average molecular weight is 338 g/mol. The molecule has 0 aliphatic carbocycles. The molecule has 2 N–H and O–H groups in total. The van der Waals surface area contributed by atoms with Crippen molar-refractivity contribution in [3.05, 3.63) is 72.0 Å². The molecule has 2 aromatic carbocycles. The van der Waals surface area contributed by atoms with E-state index in [1.54, 1.807) is 4.90 Å². The van der Waals surface area contributed by atoms with Crippen molar-refractivity contribution in [3.8, 4) is 0 Å². The topological polar surface area (TPSA) is 65.7 Å². The Morgan fingerprint density at radius 1 is 1.16 bits per heavy atom. The largest absolute Gasteiger partial charge is 0.459 e. The van der Waals surface area contributed by atoms with Gasteiger partial charge >= 0.3 is 6.03 Å². The van der Waals surface area contributed by atoms with Crippen LogP contribution in [0.15, 0.2) is 65.1 Å². The molecule has 5 nitrogen and oxygen atoms in total. The summed E-state index contributed by atoms with van der Waals surface area (Å²) in [5, 5.41) is 13.2. The van der Waals surface area contributed by atoms with E-state index in [1.165, 1.54) is 0 Å². The third-order valence-electron chi connectivity index (χ3n) is 4.08. The van der Waals surface area contributed by atoms with E-state index in [2.05, 4.69) is 5.32 Å². The van der Waals surface area contributed by atoms with E-state index in [0.29, 0.717) is 12.3 Å². The van der Waals surface area contributed by atoms with Crippen molar-refractivity contribution in [2.24, 2.45) is 0 Å². The summed E-state index contributed by atoms with van der Waals surface area (Å²) in [6.45, 7) is 2.52. The van der Waals surface area contributed by atoms with Crippen molar-refractivity contribution >= 4 is 17.0 Å². The Bertz CT molecular complexity index is 796. The molecule has 130 valence electrons. The van der Waals surface area contributed by atoms with Gasteiger partial charge in [-0.05, 0) is 24.6 Å². The van der Waals surface area contributed by atoms with Gasteiger partial charge in [0.1, 0.15) is 11.3 Å². The standard InChI is InChI=1S/C20H22N2O3/c1-15(19-13-17-9-5-6-10-18(17)25-19)21-20(24)22(11-12-23)14-16-7-3-2-4-8-16/h2-10,13,15,23H,11-12,14H2,1H3,(H,21,24). The summed E-state index contributed by atoms with van der Waals surface area (Å²) in [5.41, 5.74) is 1.82. The molecule has 0 bridgehead atoms. The molecule has 2 amide bonds. The van der Waals surface area contributed by atoms with Gasteiger partial charge in [0.05, 0.1) is 12.6 Å². The van der Waals surface area contributed by atoms with E-state index in [0.717, 1.165) is 16.5 Å². The number of aliphatic hydroxyl groups is 1. The van der Waals surface area contributed by atoms with Crippen molar-refractivity contribution in [3.63, 3.8) is 0 Å². The highest BCUT2D eigenvalue weighted by molar-refractivity contribution is 5.78. The number of furan rings is 1. The molecule has 0 spiro atoms. The lowest BCUT2D eigenvalue weighted by atomic mass is 10.2. The van der Waals surface area contributed by atoms with Crippen LogP contribution in [0.25, 0.3) is 11.0 Å². The van der Waals surface area contributed by atoms with Gasteiger partial charge in [0.25, 0.3) is 0 Å². The maximum atomic E-state index is 12.6. The highest BCUT2D eigenvalue weighted by atomic mass is 16.3. The fourth-order valence-corrected chi connectivity index (χ4v) is 2.74. The summed E-state index contributed by atoms with van der Waals surface area (Å²) in [7, 11) is 0. The van der Waals surface area contributed by atoms with Crippen molar-refractivity contribution < 1.29 is 14.3 Å². The molecule has 0 aliphatic rings. The fourth-order valence-electron chi connectivity index (χ4n) is 2.74. The monoisotopic (exact) mass is 338 g/mol. The van der Waals surface area contributed by atoms with Crippen molar-refractivity contribution in [1.82, 2.24) is 10.2 Å². The number of hydrogen-bond donors (Lipinski definition) is 2. The first kappa shape index (κ1) is 17.0. The summed E-state index contributed by atoms with van der Waals surface area (Å²) >= 11 is 0. The van der Waals surface area contributed by atoms with Gasteiger partial charge in [0.2, 0.25) is 0 Å². The Morgan fingerprint density at radius 3 is 2.60 bits per heavy atom. The lowest BCUT2D eigenvalue weighted by Crippen LogP contribution is -2.42. The third kappa shape index (κ3) is 4.19. The normalized spacial score (nSPS) is 12.1. The van der Waals surface area contributed by atoms with Crippen LogP contribution in [0.3, 0.4) is 0 Å². The zero-order chi connectivity index (χ0) is 17.6.